The maximum Gasteiger partial charge on any atom is 0.303 e. The number of aliphatic carboxylic acids is 1. The normalized spacial score (nSPS) is 12.5. The molecule has 1 aromatic carbocycles. The lowest BCUT2D eigenvalue weighted by Gasteiger charge is -2.10. The molecule has 5 heteroatoms. The van der Waals surface area contributed by atoms with E-state index in [1.54, 1.807) is 18.2 Å². The van der Waals surface area contributed by atoms with E-state index in [0.29, 0.717) is 15.1 Å². The Morgan fingerprint density at radius 3 is 2.73 bits per heavy atom. The molecule has 15 heavy (non-hydrogen) atoms. The lowest BCUT2D eigenvalue weighted by Crippen LogP contribution is -2.02. The van der Waals surface area contributed by atoms with Gasteiger partial charge in [-0.1, -0.05) is 17.7 Å². The minimum Gasteiger partial charge on any atom is -0.481 e. The first-order valence-corrected chi connectivity index (χ1v) is 5.52. The van der Waals surface area contributed by atoms with Crippen LogP contribution < -0.4 is 0 Å². The molecule has 0 bridgehead atoms. The molecule has 0 aliphatic rings. The van der Waals surface area contributed by atoms with Crippen molar-refractivity contribution in [3.8, 4) is 0 Å². The summed E-state index contributed by atoms with van der Waals surface area (Å²) in [5.41, 5.74) is 0.660. The first-order chi connectivity index (χ1) is 7.00. The molecular weight excluding hydrogens is 283 g/mol. The van der Waals surface area contributed by atoms with E-state index < -0.39 is 12.1 Å². The number of carbonyl (C=O) groups is 1. The number of aliphatic hydroxyl groups is 1. The van der Waals surface area contributed by atoms with Gasteiger partial charge in [-0.2, -0.15) is 0 Å². The Bertz CT molecular complexity index is 368. The fourth-order valence-electron chi connectivity index (χ4n) is 1.15. The summed E-state index contributed by atoms with van der Waals surface area (Å²) in [5.74, 6) is -0.915. The molecule has 0 spiro atoms. The monoisotopic (exact) mass is 292 g/mol. The zero-order chi connectivity index (χ0) is 11.4. The predicted octanol–water partition coefficient (Wildman–Crippen LogP) is 3.00. The Kier molecular flexibility index (Phi) is 4.57. The van der Waals surface area contributed by atoms with E-state index in [1.165, 1.54) is 0 Å². The molecule has 0 heterocycles. The third kappa shape index (κ3) is 3.81. The van der Waals surface area contributed by atoms with Crippen LogP contribution in [0.3, 0.4) is 0 Å². The first kappa shape index (κ1) is 12.5. The van der Waals surface area contributed by atoms with Crippen LogP contribution in [0.1, 0.15) is 24.5 Å². The summed E-state index contributed by atoms with van der Waals surface area (Å²) in [6.07, 6.45) is -0.625. The zero-order valence-corrected chi connectivity index (χ0v) is 10.1. The number of aliphatic hydroxyl groups excluding tert-OH is 1. The highest BCUT2D eigenvalue weighted by molar-refractivity contribution is 9.10. The number of hydrogen-bond donors (Lipinski definition) is 2. The molecule has 1 atom stereocenters. The Balaban J connectivity index is 2.69. The first-order valence-electron chi connectivity index (χ1n) is 4.35. The van der Waals surface area contributed by atoms with Crippen molar-refractivity contribution in [1.82, 2.24) is 0 Å². The van der Waals surface area contributed by atoms with Crippen LogP contribution in [-0.4, -0.2) is 16.2 Å². The van der Waals surface area contributed by atoms with Crippen molar-refractivity contribution in [1.29, 1.82) is 0 Å². The van der Waals surface area contributed by atoms with Crippen molar-refractivity contribution in [3.05, 3.63) is 33.3 Å². The molecule has 0 saturated heterocycles. The van der Waals surface area contributed by atoms with E-state index in [9.17, 15) is 9.90 Å². The lowest BCUT2D eigenvalue weighted by atomic mass is 10.1. The van der Waals surface area contributed by atoms with Crippen molar-refractivity contribution >= 4 is 33.5 Å². The number of hydrogen-bond acceptors (Lipinski definition) is 2. The van der Waals surface area contributed by atoms with Crippen LogP contribution in [0.25, 0.3) is 0 Å². The van der Waals surface area contributed by atoms with E-state index >= 15 is 0 Å². The van der Waals surface area contributed by atoms with Crippen molar-refractivity contribution < 1.29 is 15.0 Å². The maximum absolute atomic E-state index is 10.3. The smallest absolute Gasteiger partial charge is 0.303 e. The van der Waals surface area contributed by atoms with Crippen molar-refractivity contribution in [3.63, 3.8) is 0 Å². The van der Waals surface area contributed by atoms with Crippen molar-refractivity contribution in [2.24, 2.45) is 0 Å². The second-order valence-electron chi connectivity index (χ2n) is 3.12. The highest BCUT2D eigenvalue weighted by atomic mass is 79.9. The van der Waals surface area contributed by atoms with Crippen LogP contribution in [0.15, 0.2) is 22.7 Å². The van der Waals surface area contributed by atoms with Gasteiger partial charge in [0.15, 0.2) is 0 Å². The average Bonchev–Trinajstić information content (AvgIpc) is 2.18. The molecule has 1 aromatic rings. The zero-order valence-electron chi connectivity index (χ0n) is 7.78. The number of carboxylic acid groups (broad SMARTS) is 1. The molecule has 3 nitrogen and oxygen atoms in total. The summed E-state index contributed by atoms with van der Waals surface area (Å²) >= 11 is 9.03. The van der Waals surface area contributed by atoms with Crippen LogP contribution in [0.5, 0.6) is 0 Å². The van der Waals surface area contributed by atoms with Crippen LogP contribution in [0, 0.1) is 0 Å². The fraction of sp³-hybridized carbons (Fsp3) is 0.300. The summed E-state index contributed by atoms with van der Waals surface area (Å²) in [5, 5.41) is 18.7. The molecule has 0 aliphatic carbocycles. The van der Waals surface area contributed by atoms with Gasteiger partial charge >= 0.3 is 5.97 Å². The predicted molar refractivity (Wildman–Crippen MR) is 61.0 cm³/mol. The summed E-state index contributed by atoms with van der Waals surface area (Å²) < 4.78 is 0.691. The average molecular weight is 294 g/mol. The molecule has 0 aliphatic heterocycles. The van der Waals surface area contributed by atoms with Crippen molar-refractivity contribution in [2.45, 2.75) is 18.9 Å². The quantitative estimate of drug-likeness (QED) is 0.897. The maximum atomic E-state index is 10.3. The summed E-state index contributed by atoms with van der Waals surface area (Å²) in [6, 6.07) is 5.03. The minimum absolute atomic E-state index is 0.0542. The van der Waals surface area contributed by atoms with Crippen LogP contribution in [0.2, 0.25) is 5.02 Å². The van der Waals surface area contributed by atoms with Crippen LogP contribution in [-0.2, 0) is 4.79 Å². The molecule has 1 unspecified atom stereocenters. The van der Waals surface area contributed by atoms with Gasteiger partial charge in [0.1, 0.15) is 0 Å². The number of benzene rings is 1. The molecule has 0 aromatic heterocycles. The molecular formula is C10H10BrClO3. The Morgan fingerprint density at radius 1 is 1.53 bits per heavy atom. The Labute approximate surface area is 101 Å². The van der Waals surface area contributed by atoms with Gasteiger partial charge in [0.05, 0.1) is 11.1 Å². The topological polar surface area (TPSA) is 57.5 Å². The standard InChI is InChI=1S/C10H10BrClO3/c11-7-5-6(1-2-8(7)12)9(13)3-4-10(14)15/h1-2,5,9,13H,3-4H2,(H,14,15). The fourth-order valence-corrected chi connectivity index (χ4v) is 1.66. The second kappa shape index (κ2) is 5.49. The summed E-state index contributed by atoms with van der Waals surface area (Å²) in [4.78, 5) is 10.3. The van der Waals surface area contributed by atoms with Gasteiger partial charge in [-0.05, 0) is 40.0 Å². The molecule has 0 fully saturated rings. The highest BCUT2D eigenvalue weighted by Crippen LogP contribution is 2.27. The Morgan fingerprint density at radius 2 is 2.20 bits per heavy atom. The SMILES string of the molecule is O=C(O)CCC(O)c1ccc(Cl)c(Br)c1. The second-order valence-corrected chi connectivity index (χ2v) is 4.38. The summed E-state index contributed by atoms with van der Waals surface area (Å²) in [6.45, 7) is 0. The largest absolute Gasteiger partial charge is 0.481 e. The molecule has 1 rings (SSSR count). The highest BCUT2D eigenvalue weighted by Gasteiger charge is 2.10. The molecule has 82 valence electrons. The number of carboxylic acids is 1. The van der Waals surface area contributed by atoms with Gasteiger partial charge in [0, 0.05) is 10.9 Å². The van der Waals surface area contributed by atoms with E-state index in [4.69, 9.17) is 16.7 Å². The van der Waals surface area contributed by atoms with E-state index in [1.807, 2.05) is 0 Å². The van der Waals surface area contributed by atoms with E-state index in [0.717, 1.165) is 0 Å². The van der Waals surface area contributed by atoms with Crippen LogP contribution in [0.4, 0.5) is 0 Å². The lowest BCUT2D eigenvalue weighted by molar-refractivity contribution is -0.137. The van der Waals surface area contributed by atoms with Gasteiger partial charge in [-0.15, -0.1) is 0 Å². The van der Waals surface area contributed by atoms with Crippen LogP contribution >= 0.6 is 27.5 Å². The van der Waals surface area contributed by atoms with Gasteiger partial charge in [-0.3, -0.25) is 4.79 Å². The van der Waals surface area contributed by atoms with Gasteiger partial charge in [-0.25, -0.2) is 0 Å². The number of halogens is 2. The number of rotatable bonds is 4. The summed E-state index contributed by atoms with van der Waals surface area (Å²) in [7, 11) is 0. The Hall–Kier alpha value is -0.580. The molecule has 0 amide bonds. The third-order valence-corrected chi connectivity index (χ3v) is 3.17. The van der Waals surface area contributed by atoms with E-state index in [2.05, 4.69) is 15.9 Å². The minimum atomic E-state index is -0.915. The molecule has 0 radical (unpaired) electrons. The van der Waals surface area contributed by atoms with Crippen molar-refractivity contribution in [2.75, 3.05) is 0 Å². The van der Waals surface area contributed by atoms with Gasteiger partial charge in [0.2, 0.25) is 0 Å². The van der Waals surface area contributed by atoms with Gasteiger partial charge in [0.25, 0.3) is 0 Å². The van der Waals surface area contributed by atoms with Gasteiger partial charge < -0.3 is 10.2 Å². The molecule has 0 saturated carbocycles. The molecule has 2 N–H and O–H groups in total. The third-order valence-electron chi connectivity index (χ3n) is 1.96. The van der Waals surface area contributed by atoms with E-state index in [-0.39, 0.29) is 12.8 Å².